The van der Waals surface area contributed by atoms with Crippen LogP contribution in [-0.4, -0.2) is 23.8 Å². The van der Waals surface area contributed by atoms with Crippen LogP contribution in [0.25, 0.3) is 0 Å². The van der Waals surface area contributed by atoms with Crippen molar-refractivity contribution in [3.8, 4) is 0 Å². The van der Waals surface area contributed by atoms with Crippen molar-refractivity contribution in [2.45, 2.75) is 26.2 Å². The van der Waals surface area contributed by atoms with Gasteiger partial charge in [-0.2, -0.15) is 0 Å². The number of Topliss-reactive ketones (excluding diaryl/α,β-unsaturated/α-hetero) is 1. The number of rotatable bonds is 6. The van der Waals surface area contributed by atoms with Crippen molar-refractivity contribution < 1.29 is 14.3 Å². The van der Waals surface area contributed by atoms with E-state index in [-0.39, 0.29) is 12.2 Å². The van der Waals surface area contributed by atoms with Crippen LogP contribution >= 0.6 is 0 Å². The Labute approximate surface area is 136 Å². The molecule has 0 N–H and O–H groups in total. The number of carbonyl (C=O) groups is 2. The lowest BCUT2D eigenvalue weighted by Crippen LogP contribution is -2.45. The van der Waals surface area contributed by atoms with Gasteiger partial charge in [0.25, 0.3) is 0 Å². The summed E-state index contributed by atoms with van der Waals surface area (Å²) < 4.78 is 5.00. The second-order valence-electron chi connectivity index (χ2n) is 5.66. The van der Waals surface area contributed by atoms with E-state index in [1.165, 1.54) is 14.0 Å². The van der Waals surface area contributed by atoms with Crippen LogP contribution < -0.4 is 0 Å². The Kier molecular flexibility index (Phi) is 5.27. The summed E-state index contributed by atoms with van der Waals surface area (Å²) in [5.41, 5.74) is 0.324. The highest BCUT2D eigenvalue weighted by molar-refractivity contribution is 6.04. The maximum absolute atomic E-state index is 12.6. The van der Waals surface area contributed by atoms with Crippen molar-refractivity contribution in [1.82, 2.24) is 4.98 Å². The molecule has 120 valence electrons. The van der Waals surface area contributed by atoms with Crippen molar-refractivity contribution in [2.75, 3.05) is 7.11 Å². The van der Waals surface area contributed by atoms with E-state index in [9.17, 15) is 9.59 Å². The molecule has 1 aromatic heterocycles. The number of ether oxygens (including phenoxy) is 1. The Morgan fingerprint density at radius 3 is 2.30 bits per heavy atom. The first-order valence-corrected chi connectivity index (χ1v) is 7.56. The van der Waals surface area contributed by atoms with Crippen molar-refractivity contribution in [1.29, 1.82) is 0 Å². The van der Waals surface area contributed by atoms with Crippen LogP contribution in [0.1, 0.15) is 31.0 Å². The molecule has 0 amide bonds. The lowest BCUT2D eigenvalue weighted by atomic mass is 9.68. The Hall–Kier alpha value is -2.49. The second-order valence-corrected chi connectivity index (χ2v) is 5.66. The molecule has 0 bridgehead atoms. The van der Waals surface area contributed by atoms with Crippen LogP contribution in [0.4, 0.5) is 0 Å². The predicted molar refractivity (Wildman–Crippen MR) is 87.9 cm³/mol. The van der Waals surface area contributed by atoms with Gasteiger partial charge in [0.05, 0.1) is 7.11 Å². The van der Waals surface area contributed by atoms with Gasteiger partial charge >= 0.3 is 5.97 Å². The van der Waals surface area contributed by atoms with E-state index < -0.39 is 17.3 Å². The topological polar surface area (TPSA) is 56.3 Å². The molecular weight excluding hydrogens is 290 g/mol. The molecule has 4 nitrogen and oxygen atoms in total. The minimum atomic E-state index is -1.29. The van der Waals surface area contributed by atoms with Gasteiger partial charge < -0.3 is 4.74 Å². The third kappa shape index (κ3) is 3.31. The van der Waals surface area contributed by atoms with Gasteiger partial charge in [-0.1, -0.05) is 43.3 Å². The summed E-state index contributed by atoms with van der Waals surface area (Å²) in [6, 6.07) is 15.0. The highest BCUT2D eigenvalue weighted by Gasteiger charge is 2.50. The van der Waals surface area contributed by atoms with Crippen LogP contribution in [0.3, 0.4) is 0 Å². The lowest BCUT2D eigenvalue weighted by molar-refractivity contribution is -0.159. The van der Waals surface area contributed by atoms with Crippen LogP contribution in [0.5, 0.6) is 0 Å². The molecule has 0 saturated carbocycles. The van der Waals surface area contributed by atoms with Crippen molar-refractivity contribution in [3.63, 3.8) is 0 Å². The molecule has 0 aliphatic carbocycles. The summed E-state index contributed by atoms with van der Waals surface area (Å²) in [6.45, 7) is 3.29. The SMILES string of the molecule is COC(=O)C(Cc1ccccc1)(C(C)=O)[C@@H](C)c1ccccn1. The zero-order valence-corrected chi connectivity index (χ0v) is 13.7. The Morgan fingerprint density at radius 2 is 1.78 bits per heavy atom. The van der Waals surface area contributed by atoms with Gasteiger partial charge in [-0.3, -0.25) is 14.6 Å². The molecule has 2 rings (SSSR count). The first-order chi connectivity index (χ1) is 11.0. The van der Waals surface area contributed by atoms with Gasteiger partial charge in [-0.15, -0.1) is 0 Å². The Morgan fingerprint density at radius 1 is 1.13 bits per heavy atom. The number of esters is 1. The fourth-order valence-corrected chi connectivity index (χ4v) is 2.96. The van der Waals surface area contributed by atoms with Crippen LogP contribution in [0.2, 0.25) is 0 Å². The molecule has 23 heavy (non-hydrogen) atoms. The molecule has 4 heteroatoms. The van der Waals surface area contributed by atoms with Gasteiger partial charge in [0.1, 0.15) is 11.2 Å². The fourth-order valence-electron chi connectivity index (χ4n) is 2.96. The molecule has 0 aliphatic rings. The average Bonchev–Trinajstić information content (AvgIpc) is 2.59. The van der Waals surface area contributed by atoms with E-state index in [1.807, 2.05) is 49.4 Å². The van der Waals surface area contributed by atoms with Gasteiger partial charge in [0.15, 0.2) is 0 Å². The number of aromatic nitrogens is 1. The summed E-state index contributed by atoms with van der Waals surface area (Å²) in [4.78, 5) is 29.5. The number of benzene rings is 1. The monoisotopic (exact) mass is 311 g/mol. The molecule has 0 radical (unpaired) electrons. The first kappa shape index (κ1) is 16.9. The smallest absolute Gasteiger partial charge is 0.320 e. The van der Waals surface area contributed by atoms with Crippen molar-refractivity contribution in [2.24, 2.45) is 5.41 Å². The van der Waals surface area contributed by atoms with E-state index in [0.717, 1.165) is 5.56 Å². The zero-order valence-electron chi connectivity index (χ0n) is 13.7. The van der Waals surface area contributed by atoms with Crippen molar-refractivity contribution in [3.05, 3.63) is 66.0 Å². The molecular formula is C19H21NO3. The third-order valence-electron chi connectivity index (χ3n) is 4.37. The van der Waals surface area contributed by atoms with E-state index in [1.54, 1.807) is 12.3 Å². The number of methoxy groups -OCH3 is 1. The molecule has 0 spiro atoms. The number of carbonyl (C=O) groups excluding carboxylic acids is 2. The second kappa shape index (κ2) is 7.18. The molecule has 1 heterocycles. The van der Waals surface area contributed by atoms with Crippen LogP contribution in [0, 0.1) is 5.41 Å². The predicted octanol–water partition coefficient (Wildman–Crippen LogP) is 3.18. The van der Waals surface area contributed by atoms with Crippen molar-refractivity contribution >= 4 is 11.8 Å². The van der Waals surface area contributed by atoms with Crippen LogP contribution in [-0.2, 0) is 20.7 Å². The quantitative estimate of drug-likeness (QED) is 0.607. The number of ketones is 1. The Balaban J connectivity index is 2.53. The third-order valence-corrected chi connectivity index (χ3v) is 4.37. The summed E-state index contributed by atoms with van der Waals surface area (Å²) in [5, 5.41) is 0. The molecule has 0 fully saturated rings. The molecule has 0 saturated heterocycles. The highest BCUT2D eigenvalue weighted by atomic mass is 16.5. The molecule has 1 aromatic carbocycles. The molecule has 2 atom stereocenters. The van der Waals surface area contributed by atoms with Crippen LogP contribution in [0.15, 0.2) is 54.7 Å². The number of nitrogens with zero attached hydrogens (tertiary/aromatic N) is 1. The zero-order chi connectivity index (χ0) is 16.9. The molecule has 2 aromatic rings. The summed E-state index contributed by atoms with van der Waals surface area (Å²) in [6.07, 6.45) is 1.95. The summed E-state index contributed by atoms with van der Waals surface area (Å²) in [7, 11) is 1.32. The van der Waals surface area contributed by atoms with E-state index in [4.69, 9.17) is 4.74 Å². The maximum Gasteiger partial charge on any atom is 0.320 e. The first-order valence-electron chi connectivity index (χ1n) is 7.56. The lowest BCUT2D eigenvalue weighted by Gasteiger charge is -2.34. The summed E-state index contributed by atoms with van der Waals surface area (Å²) in [5.74, 6) is -1.13. The molecule has 0 aliphatic heterocycles. The molecule has 1 unspecified atom stereocenters. The van der Waals surface area contributed by atoms with E-state index in [2.05, 4.69) is 4.98 Å². The largest absolute Gasteiger partial charge is 0.468 e. The van der Waals surface area contributed by atoms with E-state index in [0.29, 0.717) is 5.69 Å². The highest BCUT2D eigenvalue weighted by Crippen LogP contribution is 2.40. The Bertz CT molecular complexity index is 670. The minimum absolute atomic E-state index is 0.216. The number of hydrogen-bond donors (Lipinski definition) is 0. The standard InChI is InChI=1S/C19H21NO3/c1-14(17-11-7-8-12-20-17)19(15(2)21,18(22)23-3)13-16-9-5-4-6-10-16/h4-12,14H,13H2,1-3H3/t14-,19?/m0/s1. The fraction of sp³-hybridized carbons (Fsp3) is 0.316. The normalized spacial score (nSPS) is 14.6. The average molecular weight is 311 g/mol. The van der Waals surface area contributed by atoms with Gasteiger partial charge in [0.2, 0.25) is 0 Å². The maximum atomic E-state index is 12.6. The number of hydrogen-bond acceptors (Lipinski definition) is 4. The van der Waals surface area contributed by atoms with E-state index >= 15 is 0 Å². The van der Waals surface area contributed by atoms with Gasteiger partial charge in [-0.25, -0.2) is 0 Å². The number of pyridine rings is 1. The van der Waals surface area contributed by atoms with Gasteiger partial charge in [-0.05, 0) is 31.0 Å². The van der Waals surface area contributed by atoms with Gasteiger partial charge in [0, 0.05) is 17.8 Å². The minimum Gasteiger partial charge on any atom is -0.468 e. The summed E-state index contributed by atoms with van der Waals surface area (Å²) >= 11 is 0.